The summed E-state index contributed by atoms with van der Waals surface area (Å²) in [6, 6.07) is 15.8. The molecule has 2 aliphatic carbocycles. The Morgan fingerprint density at radius 3 is 2.18 bits per heavy atom. The maximum absolute atomic E-state index is 12.7. The smallest absolute Gasteiger partial charge is 0.255 e. The third kappa shape index (κ3) is 4.76. The van der Waals surface area contributed by atoms with Crippen molar-refractivity contribution >= 4 is 28.9 Å². The second-order valence-electron chi connectivity index (χ2n) is 10.2. The number of hydrogen-bond acceptors (Lipinski definition) is 4. The van der Waals surface area contributed by atoms with Gasteiger partial charge in [-0.2, -0.15) is 0 Å². The Hall–Kier alpha value is -2.86. The van der Waals surface area contributed by atoms with Crippen LogP contribution in [0, 0.1) is 17.8 Å². The fourth-order valence-electron chi connectivity index (χ4n) is 5.86. The Morgan fingerprint density at radius 1 is 0.879 bits per heavy atom. The summed E-state index contributed by atoms with van der Waals surface area (Å²) in [5, 5.41) is 6.02. The Balaban J connectivity index is 1.14. The predicted octanol–water partition coefficient (Wildman–Crippen LogP) is 4.45. The molecule has 174 valence electrons. The molecular weight excluding hydrogens is 412 g/mol. The highest BCUT2D eigenvalue weighted by atomic mass is 16.2. The molecule has 5 rings (SSSR count). The molecule has 0 spiro atoms. The van der Waals surface area contributed by atoms with Crippen molar-refractivity contribution in [3.8, 4) is 0 Å². The van der Waals surface area contributed by atoms with Gasteiger partial charge in [0, 0.05) is 47.7 Å². The van der Waals surface area contributed by atoms with Crippen molar-refractivity contribution in [2.24, 2.45) is 17.8 Å². The van der Waals surface area contributed by atoms with Gasteiger partial charge in [-0.3, -0.25) is 9.59 Å². The first kappa shape index (κ1) is 22.0. The van der Waals surface area contributed by atoms with Crippen LogP contribution in [-0.4, -0.2) is 49.9 Å². The second-order valence-corrected chi connectivity index (χ2v) is 10.2. The Morgan fingerprint density at radius 2 is 1.58 bits per heavy atom. The summed E-state index contributed by atoms with van der Waals surface area (Å²) >= 11 is 0. The van der Waals surface area contributed by atoms with E-state index in [0.717, 1.165) is 36.8 Å². The number of amides is 2. The lowest BCUT2D eigenvalue weighted by molar-refractivity contribution is -0.121. The van der Waals surface area contributed by atoms with Gasteiger partial charge in [-0.05, 0) is 100 Å². The number of anilines is 3. The van der Waals surface area contributed by atoms with Gasteiger partial charge in [-0.25, -0.2) is 0 Å². The lowest BCUT2D eigenvalue weighted by atomic mass is 9.88. The van der Waals surface area contributed by atoms with Crippen LogP contribution < -0.4 is 15.5 Å². The van der Waals surface area contributed by atoms with Crippen LogP contribution in [0.15, 0.2) is 48.5 Å². The van der Waals surface area contributed by atoms with Crippen LogP contribution in [0.1, 0.15) is 42.5 Å². The highest BCUT2D eigenvalue weighted by Crippen LogP contribution is 2.48. The molecule has 6 heteroatoms. The number of rotatable bonds is 6. The standard InChI is InChI=1S/C27H34N4O2/c1-30(2)24-13-14-31(17-24)23-11-9-22(10-12-23)28-26(32)19-5-7-21(8-6-19)29-27(33)25-16-18-3-4-20(25)15-18/h5-12,18,20,24-25H,3-4,13-17H2,1-2H3,(H,28,32)(H,29,33). The fraction of sp³-hybridized carbons (Fsp3) is 0.481. The number of benzene rings is 2. The Bertz CT molecular complexity index is 1000. The van der Waals surface area contributed by atoms with E-state index in [4.69, 9.17) is 0 Å². The number of fused-ring (bicyclic) bond motifs is 2. The molecule has 2 aromatic carbocycles. The van der Waals surface area contributed by atoms with Gasteiger partial charge in [-0.15, -0.1) is 0 Å². The van der Waals surface area contributed by atoms with Crippen molar-refractivity contribution < 1.29 is 9.59 Å². The normalized spacial score (nSPS) is 26.1. The van der Waals surface area contributed by atoms with Gasteiger partial charge in [-0.1, -0.05) is 6.42 Å². The summed E-state index contributed by atoms with van der Waals surface area (Å²) in [5.41, 5.74) is 3.30. The minimum Gasteiger partial charge on any atom is -0.370 e. The third-order valence-electron chi connectivity index (χ3n) is 7.87. The molecule has 0 aromatic heterocycles. The largest absolute Gasteiger partial charge is 0.370 e. The van der Waals surface area contributed by atoms with E-state index in [0.29, 0.717) is 17.5 Å². The molecule has 3 fully saturated rings. The Kier molecular flexibility index (Phi) is 6.11. The van der Waals surface area contributed by atoms with Crippen molar-refractivity contribution in [3.05, 3.63) is 54.1 Å². The van der Waals surface area contributed by atoms with Crippen LogP contribution in [0.5, 0.6) is 0 Å². The molecule has 1 heterocycles. The van der Waals surface area contributed by atoms with Crippen LogP contribution >= 0.6 is 0 Å². The lowest BCUT2D eigenvalue weighted by Gasteiger charge is -2.22. The molecule has 2 saturated carbocycles. The quantitative estimate of drug-likeness (QED) is 0.688. The second kappa shape index (κ2) is 9.18. The number of nitrogens with one attached hydrogen (secondary N) is 2. The van der Waals surface area contributed by atoms with E-state index >= 15 is 0 Å². The highest BCUT2D eigenvalue weighted by molar-refractivity contribution is 6.04. The van der Waals surface area contributed by atoms with Gasteiger partial charge < -0.3 is 20.4 Å². The monoisotopic (exact) mass is 446 g/mol. The average molecular weight is 447 g/mol. The summed E-state index contributed by atoms with van der Waals surface area (Å²) in [6.45, 7) is 2.09. The zero-order valence-corrected chi connectivity index (χ0v) is 19.6. The number of nitrogens with zero attached hydrogens (tertiary/aromatic N) is 2. The Labute approximate surface area is 196 Å². The van der Waals surface area contributed by atoms with E-state index in [1.807, 2.05) is 24.3 Å². The molecule has 33 heavy (non-hydrogen) atoms. The van der Waals surface area contributed by atoms with Crippen molar-refractivity contribution in [2.75, 3.05) is 42.7 Å². The number of hydrogen-bond donors (Lipinski definition) is 2. The zero-order chi connectivity index (χ0) is 22.9. The lowest BCUT2D eigenvalue weighted by Crippen LogP contribution is -2.31. The van der Waals surface area contributed by atoms with E-state index in [1.54, 1.807) is 12.1 Å². The average Bonchev–Trinajstić information content (AvgIpc) is 3.57. The van der Waals surface area contributed by atoms with Crippen molar-refractivity contribution in [3.63, 3.8) is 0 Å². The molecule has 6 nitrogen and oxygen atoms in total. The van der Waals surface area contributed by atoms with Crippen molar-refractivity contribution in [1.29, 1.82) is 0 Å². The minimum absolute atomic E-state index is 0.134. The molecule has 2 aromatic rings. The third-order valence-corrected chi connectivity index (χ3v) is 7.87. The fourth-order valence-corrected chi connectivity index (χ4v) is 5.86. The van der Waals surface area contributed by atoms with E-state index < -0.39 is 0 Å². The SMILES string of the molecule is CN(C)C1CCN(c2ccc(NC(=O)c3ccc(NC(=O)C4CC5CCC4C5)cc3)cc2)C1. The molecule has 3 aliphatic rings. The van der Waals surface area contributed by atoms with Crippen LogP contribution in [-0.2, 0) is 4.79 Å². The maximum atomic E-state index is 12.7. The van der Waals surface area contributed by atoms with E-state index in [1.165, 1.54) is 31.4 Å². The van der Waals surface area contributed by atoms with Gasteiger partial charge in [0.25, 0.3) is 5.91 Å². The summed E-state index contributed by atoms with van der Waals surface area (Å²) in [6.07, 6.45) is 5.90. The van der Waals surface area contributed by atoms with Crippen LogP contribution in [0.3, 0.4) is 0 Å². The number of carbonyl (C=O) groups excluding carboxylic acids is 2. The van der Waals surface area contributed by atoms with Crippen molar-refractivity contribution in [2.45, 2.75) is 38.1 Å². The van der Waals surface area contributed by atoms with Crippen LogP contribution in [0.25, 0.3) is 0 Å². The summed E-state index contributed by atoms with van der Waals surface area (Å²) in [7, 11) is 4.26. The number of carbonyl (C=O) groups is 2. The molecule has 0 radical (unpaired) electrons. The van der Waals surface area contributed by atoms with Gasteiger partial charge in [0.1, 0.15) is 0 Å². The molecule has 2 amide bonds. The highest BCUT2D eigenvalue weighted by Gasteiger charge is 2.43. The summed E-state index contributed by atoms with van der Waals surface area (Å²) < 4.78 is 0. The molecule has 4 atom stereocenters. The van der Waals surface area contributed by atoms with Crippen LogP contribution in [0.2, 0.25) is 0 Å². The van der Waals surface area contributed by atoms with E-state index in [2.05, 4.69) is 46.7 Å². The topological polar surface area (TPSA) is 64.7 Å². The van der Waals surface area contributed by atoms with E-state index in [-0.39, 0.29) is 17.7 Å². The molecule has 2 bridgehead atoms. The van der Waals surface area contributed by atoms with Gasteiger partial charge in [0.05, 0.1) is 0 Å². The molecule has 2 N–H and O–H groups in total. The first-order valence-electron chi connectivity index (χ1n) is 12.2. The number of likely N-dealkylation sites (N-methyl/N-ethyl adjacent to an activating group) is 1. The first-order chi connectivity index (χ1) is 16.0. The van der Waals surface area contributed by atoms with Gasteiger partial charge in [0.2, 0.25) is 5.91 Å². The first-order valence-corrected chi connectivity index (χ1v) is 12.2. The molecular formula is C27H34N4O2. The van der Waals surface area contributed by atoms with E-state index in [9.17, 15) is 9.59 Å². The maximum Gasteiger partial charge on any atom is 0.255 e. The minimum atomic E-state index is -0.150. The van der Waals surface area contributed by atoms with Gasteiger partial charge in [0.15, 0.2) is 0 Å². The zero-order valence-electron chi connectivity index (χ0n) is 19.6. The van der Waals surface area contributed by atoms with Crippen molar-refractivity contribution in [1.82, 2.24) is 4.90 Å². The van der Waals surface area contributed by atoms with Crippen LogP contribution in [0.4, 0.5) is 17.1 Å². The summed E-state index contributed by atoms with van der Waals surface area (Å²) in [5.74, 6) is 1.45. The molecule has 4 unspecified atom stereocenters. The summed E-state index contributed by atoms with van der Waals surface area (Å²) in [4.78, 5) is 30.0. The van der Waals surface area contributed by atoms with Gasteiger partial charge >= 0.3 is 0 Å². The molecule has 1 aliphatic heterocycles. The predicted molar refractivity (Wildman–Crippen MR) is 133 cm³/mol. The molecule has 1 saturated heterocycles.